The fraction of sp³-hybridized carbons (Fsp3) is 0.520. The van der Waals surface area contributed by atoms with Crippen LogP contribution in [0.3, 0.4) is 0 Å². The number of fused-ring (bicyclic) bond motifs is 2. The Bertz CT molecular complexity index is 1000. The van der Waals surface area contributed by atoms with E-state index in [0.717, 1.165) is 0 Å². The van der Waals surface area contributed by atoms with Crippen molar-refractivity contribution in [2.75, 3.05) is 68.0 Å². The SMILES string of the molecule is COP(=O)(OC)C1NCCCNC(P(=O)(OC)OC)c2ccccc2OCCOCCOc2ccccc21. The highest BCUT2D eigenvalue weighted by Crippen LogP contribution is 2.60. The lowest BCUT2D eigenvalue weighted by Gasteiger charge is -2.28. The molecule has 1 aliphatic heterocycles. The summed E-state index contributed by atoms with van der Waals surface area (Å²) in [6.45, 7) is 2.05. The van der Waals surface area contributed by atoms with Crippen LogP contribution < -0.4 is 20.1 Å². The molecule has 13 heteroatoms. The van der Waals surface area contributed by atoms with Gasteiger partial charge in [-0.2, -0.15) is 0 Å². The Morgan fingerprint density at radius 3 is 1.45 bits per heavy atom. The van der Waals surface area contributed by atoms with Gasteiger partial charge in [0.15, 0.2) is 0 Å². The van der Waals surface area contributed by atoms with Crippen molar-refractivity contribution in [2.24, 2.45) is 0 Å². The van der Waals surface area contributed by atoms with Gasteiger partial charge in [0, 0.05) is 39.6 Å². The van der Waals surface area contributed by atoms with Crippen molar-refractivity contribution in [1.82, 2.24) is 10.6 Å². The fourth-order valence-electron chi connectivity index (χ4n) is 4.12. The lowest BCUT2D eigenvalue weighted by Crippen LogP contribution is -2.29. The van der Waals surface area contributed by atoms with Gasteiger partial charge in [-0.05, 0) is 31.6 Å². The second kappa shape index (κ2) is 15.1. The second-order valence-corrected chi connectivity index (χ2v) is 12.9. The predicted molar refractivity (Wildman–Crippen MR) is 144 cm³/mol. The van der Waals surface area contributed by atoms with E-state index in [0.29, 0.717) is 55.4 Å². The standard InChI is InChI=1S/C25H38N2O9P2/c1-30-37(28,31-2)24-20-10-5-7-12-22(20)35-18-16-34-17-19-36-23-13-8-6-11-21(23)25(27-15-9-14-26-24)38(29,32-3)33-4/h5-8,10-13,24-27H,9,14-19H2,1-4H3. The van der Waals surface area contributed by atoms with Crippen LogP contribution in [0, 0.1) is 0 Å². The molecule has 2 aromatic rings. The van der Waals surface area contributed by atoms with Crippen LogP contribution in [-0.4, -0.2) is 68.0 Å². The Morgan fingerprint density at radius 1 is 0.658 bits per heavy atom. The number of hydrogen-bond donors (Lipinski definition) is 2. The molecule has 38 heavy (non-hydrogen) atoms. The maximum Gasteiger partial charge on any atom is 0.351 e. The average Bonchev–Trinajstić information content (AvgIpc) is 2.96. The zero-order chi connectivity index (χ0) is 27.4. The Kier molecular flexibility index (Phi) is 12.2. The molecule has 0 saturated heterocycles. The molecule has 3 rings (SSSR count). The van der Waals surface area contributed by atoms with E-state index in [4.69, 9.17) is 32.3 Å². The lowest BCUT2D eigenvalue weighted by molar-refractivity contribution is 0.0757. The normalized spacial score (nSPS) is 20.6. The van der Waals surface area contributed by atoms with Gasteiger partial charge in [-0.25, -0.2) is 0 Å². The molecular weight excluding hydrogens is 534 g/mol. The van der Waals surface area contributed by atoms with E-state index in [9.17, 15) is 9.13 Å². The van der Waals surface area contributed by atoms with Crippen LogP contribution >= 0.6 is 15.2 Å². The Labute approximate surface area is 224 Å². The predicted octanol–water partition coefficient (Wildman–Crippen LogP) is 4.71. The number of ether oxygens (including phenoxy) is 3. The van der Waals surface area contributed by atoms with Gasteiger partial charge >= 0.3 is 15.2 Å². The minimum absolute atomic E-state index is 0.279. The molecule has 0 radical (unpaired) electrons. The second-order valence-electron chi connectivity index (χ2n) is 8.26. The molecule has 2 unspecified atom stereocenters. The third-order valence-electron chi connectivity index (χ3n) is 6.08. The number of nitrogens with one attached hydrogen (secondary N) is 2. The Morgan fingerprint density at radius 2 is 1.05 bits per heavy atom. The summed E-state index contributed by atoms with van der Waals surface area (Å²) in [5.41, 5.74) is 1.29. The topological polar surface area (TPSA) is 123 Å². The van der Waals surface area contributed by atoms with E-state index in [1.807, 2.05) is 36.4 Å². The first-order valence-corrected chi connectivity index (χ1v) is 15.5. The molecule has 212 valence electrons. The molecule has 2 aromatic carbocycles. The van der Waals surface area contributed by atoms with Crippen LogP contribution in [0.4, 0.5) is 0 Å². The van der Waals surface area contributed by atoms with E-state index in [1.54, 1.807) is 12.1 Å². The molecule has 0 fully saturated rings. The number of benzene rings is 2. The summed E-state index contributed by atoms with van der Waals surface area (Å²) >= 11 is 0. The maximum atomic E-state index is 13.5. The van der Waals surface area contributed by atoms with Gasteiger partial charge in [0.2, 0.25) is 0 Å². The molecule has 0 bridgehead atoms. The minimum Gasteiger partial charge on any atom is -0.491 e. The summed E-state index contributed by atoms with van der Waals surface area (Å²) in [6, 6.07) is 14.6. The van der Waals surface area contributed by atoms with Crippen molar-refractivity contribution in [3.63, 3.8) is 0 Å². The van der Waals surface area contributed by atoms with E-state index < -0.39 is 26.8 Å². The van der Waals surface area contributed by atoms with Crippen LogP contribution in [0.2, 0.25) is 0 Å². The molecule has 11 nitrogen and oxygen atoms in total. The Hall–Kier alpha value is -1.78. The van der Waals surface area contributed by atoms with Crippen LogP contribution in [0.5, 0.6) is 11.5 Å². The van der Waals surface area contributed by atoms with Crippen LogP contribution in [-0.2, 0) is 32.0 Å². The van der Waals surface area contributed by atoms with Gasteiger partial charge in [-0.15, -0.1) is 0 Å². The van der Waals surface area contributed by atoms with Crippen LogP contribution in [0.25, 0.3) is 0 Å². The summed E-state index contributed by atoms with van der Waals surface area (Å²) in [5, 5.41) is 6.61. The van der Waals surface area contributed by atoms with E-state index in [-0.39, 0.29) is 13.2 Å². The number of hydrogen-bond acceptors (Lipinski definition) is 11. The molecule has 1 aliphatic rings. The van der Waals surface area contributed by atoms with Crippen LogP contribution in [0.1, 0.15) is 29.1 Å². The largest absolute Gasteiger partial charge is 0.491 e. The zero-order valence-corrected chi connectivity index (χ0v) is 24.1. The molecule has 0 amide bonds. The van der Waals surface area contributed by atoms with E-state index >= 15 is 0 Å². The highest BCUT2D eigenvalue weighted by molar-refractivity contribution is 7.54. The molecule has 0 aliphatic carbocycles. The first-order valence-electron chi connectivity index (χ1n) is 12.3. The fourth-order valence-corrected chi connectivity index (χ4v) is 7.07. The molecule has 2 atom stereocenters. The smallest absolute Gasteiger partial charge is 0.351 e. The lowest BCUT2D eigenvalue weighted by atomic mass is 10.2. The van der Waals surface area contributed by atoms with Gasteiger partial charge in [0.1, 0.15) is 36.3 Å². The van der Waals surface area contributed by atoms with Crippen molar-refractivity contribution in [2.45, 2.75) is 18.0 Å². The van der Waals surface area contributed by atoms with Crippen LogP contribution in [0.15, 0.2) is 48.5 Å². The maximum absolute atomic E-state index is 13.5. The number of rotatable bonds is 6. The van der Waals surface area contributed by atoms with E-state index in [1.165, 1.54) is 28.4 Å². The summed E-state index contributed by atoms with van der Waals surface area (Å²) in [5.74, 6) is -0.452. The highest BCUT2D eigenvalue weighted by atomic mass is 31.2. The minimum atomic E-state index is -3.58. The summed E-state index contributed by atoms with van der Waals surface area (Å²) in [7, 11) is -1.74. The molecule has 0 saturated carbocycles. The summed E-state index contributed by atoms with van der Waals surface area (Å²) < 4.78 is 66.0. The molecular formula is C25H38N2O9P2. The van der Waals surface area contributed by atoms with Gasteiger partial charge < -0.3 is 32.3 Å². The highest BCUT2D eigenvalue weighted by Gasteiger charge is 2.38. The third-order valence-corrected chi connectivity index (χ3v) is 10.3. The monoisotopic (exact) mass is 572 g/mol. The third kappa shape index (κ3) is 7.66. The van der Waals surface area contributed by atoms with Crippen molar-refractivity contribution < 1.29 is 41.4 Å². The zero-order valence-electron chi connectivity index (χ0n) is 22.3. The van der Waals surface area contributed by atoms with Gasteiger partial charge in [0.25, 0.3) is 0 Å². The van der Waals surface area contributed by atoms with Gasteiger partial charge in [-0.3, -0.25) is 19.8 Å². The van der Waals surface area contributed by atoms with E-state index in [2.05, 4.69) is 10.6 Å². The first kappa shape index (κ1) is 30.8. The Balaban J connectivity index is 1.89. The quantitative estimate of drug-likeness (QED) is 0.468. The average molecular weight is 573 g/mol. The summed E-state index contributed by atoms with van der Waals surface area (Å²) in [4.78, 5) is 0. The van der Waals surface area contributed by atoms with Crippen molar-refractivity contribution in [3.8, 4) is 11.5 Å². The van der Waals surface area contributed by atoms with Crippen molar-refractivity contribution in [3.05, 3.63) is 59.7 Å². The van der Waals surface area contributed by atoms with Crippen molar-refractivity contribution >= 4 is 15.2 Å². The molecule has 0 spiro atoms. The molecule has 1 heterocycles. The van der Waals surface area contributed by atoms with Crippen molar-refractivity contribution in [1.29, 1.82) is 0 Å². The summed E-state index contributed by atoms with van der Waals surface area (Å²) in [6.07, 6.45) is 0.577. The number of para-hydroxylation sites is 2. The first-order chi connectivity index (χ1) is 18.4. The van der Waals surface area contributed by atoms with Gasteiger partial charge in [0.05, 0.1) is 13.2 Å². The molecule has 2 N–H and O–H groups in total. The molecule has 0 aromatic heterocycles. The van der Waals surface area contributed by atoms with Gasteiger partial charge in [-0.1, -0.05) is 36.4 Å².